The maximum absolute atomic E-state index is 4.13. The molecule has 0 aliphatic heterocycles. The number of nitrogens with one attached hydrogen (secondary N) is 2. The van der Waals surface area contributed by atoms with Crippen molar-refractivity contribution in [2.75, 3.05) is 0 Å². The minimum Gasteiger partial charge on any atom is -0.304 e. The van der Waals surface area contributed by atoms with Gasteiger partial charge in [-0.05, 0) is 0 Å². The van der Waals surface area contributed by atoms with Crippen molar-refractivity contribution in [1.29, 1.82) is 0 Å². The van der Waals surface area contributed by atoms with E-state index in [-0.39, 0.29) is 0 Å². The number of aromatic nitrogens is 5. The lowest BCUT2D eigenvalue weighted by Crippen LogP contribution is -2.14. The van der Waals surface area contributed by atoms with Crippen molar-refractivity contribution in [3.8, 4) is 0 Å². The average Bonchev–Trinajstić information content (AvgIpc) is 2.72. The third-order valence-corrected chi connectivity index (χ3v) is 1.68. The molecule has 6 heteroatoms. The average molecular weight is 190 g/mol. The molecule has 2 N–H and O–H groups in total. The van der Waals surface area contributed by atoms with Gasteiger partial charge in [-0.2, -0.15) is 5.10 Å². The standard InChI is InChI=1S/C8H10N6/c1-2-11-7(3-9-1)4-10-5-8-12-6-13-14-8/h1-3,6,10H,4-5H2,(H,12,13,14). The van der Waals surface area contributed by atoms with Gasteiger partial charge in [0, 0.05) is 25.1 Å². The fraction of sp³-hybridized carbons (Fsp3) is 0.250. The van der Waals surface area contributed by atoms with Crippen LogP contribution in [0.25, 0.3) is 0 Å². The van der Waals surface area contributed by atoms with Crippen LogP contribution in [0.1, 0.15) is 11.5 Å². The Morgan fingerprint density at radius 1 is 1.21 bits per heavy atom. The minimum atomic E-state index is 0.649. The molecule has 0 radical (unpaired) electrons. The molecule has 2 aromatic rings. The Morgan fingerprint density at radius 2 is 2.21 bits per heavy atom. The van der Waals surface area contributed by atoms with Gasteiger partial charge in [-0.3, -0.25) is 15.1 Å². The van der Waals surface area contributed by atoms with E-state index in [4.69, 9.17) is 0 Å². The molecule has 0 atom stereocenters. The number of aromatic amines is 1. The Bertz CT molecular complexity index is 357. The van der Waals surface area contributed by atoms with Gasteiger partial charge in [0.05, 0.1) is 12.2 Å². The van der Waals surface area contributed by atoms with E-state index in [0.717, 1.165) is 11.5 Å². The van der Waals surface area contributed by atoms with Crippen LogP contribution in [0.4, 0.5) is 0 Å². The van der Waals surface area contributed by atoms with Gasteiger partial charge >= 0.3 is 0 Å². The second kappa shape index (κ2) is 4.43. The first-order valence-corrected chi connectivity index (χ1v) is 4.25. The highest BCUT2D eigenvalue weighted by atomic mass is 15.2. The van der Waals surface area contributed by atoms with Crippen molar-refractivity contribution in [1.82, 2.24) is 30.5 Å². The van der Waals surface area contributed by atoms with Gasteiger partial charge in [0.1, 0.15) is 12.2 Å². The molecular formula is C8H10N6. The quantitative estimate of drug-likeness (QED) is 0.703. The normalized spacial score (nSPS) is 10.3. The summed E-state index contributed by atoms with van der Waals surface area (Å²) < 4.78 is 0. The largest absolute Gasteiger partial charge is 0.304 e. The van der Waals surface area contributed by atoms with Gasteiger partial charge in [0.25, 0.3) is 0 Å². The van der Waals surface area contributed by atoms with Crippen molar-refractivity contribution < 1.29 is 0 Å². The van der Waals surface area contributed by atoms with E-state index < -0.39 is 0 Å². The molecule has 0 saturated carbocycles. The van der Waals surface area contributed by atoms with Gasteiger partial charge in [0.2, 0.25) is 0 Å². The van der Waals surface area contributed by atoms with Crippen LogP contribution in [0.15, 0.2) is 24.9 Å². The monoisotopic (exact) mass is 190 g/mol. The van der Waals surface area contributed by atoms with Crippen LogP contribution in [-0.2, 0) is 13.1 Å². The van der Waals surface area contributed by atoms with Crippen molar-refractivity contribution in [3.05, 3.63) is 36.4 Å². The molecule has 0 fully saturated rings. The van der Waals surface area contributed by atoms with Crippen LogP contribution >= 0.6 is 0 Å². The summed E-state index contributed by atoms with van der Waals surface area (Å²) in [5, 5.41) is 9.68. The molecule has 0 aliphatic rings. The lowest BCUT2D eigenvalue weighted by Gasteiger charge is -2.00. The summed E-state index contributed by atoms with van der Waals surface area (Å²) >= 11 is 0. The van der Waals surface area contributed by atoms with E-state index in [1.165, 1.54) is 6.33 Å². The highest BCUT2D eigenvalue weighted by molar-refractivity contribution is 4.94. The minimum absolute atomic E-state index is 0.649. The molecule has 2 aromatic heterocycles. The molecule has 0 saturated heterocycles. The van der Waals surface area contributed by atoms with Crippen LogP contribution in [0.5, 0.6) is 0 Å². The molecule has 0 bridgehead atoms. The van der Waals surface area contributed by atoms with Crippen molar-refractivity contribution in [2.45, 2.75) is 13.1 Å². The first-order chi connectivity index (χ1) is 6.95. The molecule has 0 aliphatic carbocycles. The van der Waals surface area contributed by atoms with E-state index in [1.54, 1.807) is 18.6 Å². The van der Waals surface area contributed by atoms with Crippen molar-refractivity contribution in [2.24, 2.45) is 0 Å². The second-order valence-electron chi connectivity index (χ2n) is 2.73. The zero-order valence-corrected chi connectivity index (χ0v) is 7.51. The highest BCUT2D eigenvalue weighted by Crippen LogP contribution is 1.90. The molecule has 2 rings (SSSR count). The third-order valence-electron chi connectivity index (χ3n) is 1.68. The fourth-order valence-corrected chi connectivity index (χ4v) is 1.05. The number of hydrogen-bond acceptors (Lipinski definition) is 5. The summed E-state index contributed by atoms with van der Waals surface area (Å²) in [6.07, 6.45) is 6.54. The summed E-state index contributed by atoms with van der Waals surface area (Å²) in [5.41, 5.74) is 0.909. The smallest absolute Gasteiger partial charge is 0.138 e. The van der Waals surface area contributed by atoms with Crippen LogP contribution in [0.3, 0.4) is 0 Å². The van der Waals surface area contributed by atoms with E-state index in [1.807, 2.05) is 0 Å². The number of H-pyrrole nitrogens is 1. The second-order valence-corrected chi connectivity index (χ2v) is 2.73. The SMILES string of the molecule is c1cnc(CNCc2ncn[nH]2)cn1. The highest BCUT2D eigenvalue weighted by Gasteiger charge is 1.95. The van der Waals surface area contributed by atoms with Crippen LogP contribution in [0.2, 0.25) is 0 Å². The Kier molecular flexibility index (Phi) is 2.77. The summed E-state index contributed by atoms with van der Waals surface area (Å²) in [6.45, 7) is 1.32. The van der Waals surface area contributed by atoms with Crippen LogP contribution in [-0.4, -0.2) is 25.1 Å². The van der Waals surface area contributed by atoms with Gasteiger partial charge < -0.3 is 5.32 Å². The first-order valence-electron chi connectivity index (χ1n) is 4.25. The molecule has 0 spiro atoms. The van der Waals surface area contributed by atoms with E-state index in [2.05, 4.69) is 30.5 Å². The van der Waals surface area contributed by atoms with Gasteiger partial charge in [-0.15, -0.1) is 0 Å². The van der Waals surface area contributed by atoms with Crippen LogP contribution < -0.4 is 5.32 Å². The molecular weight excluding hydrogens is 180 g/mol. The maximum Gasteiger partial charge on any atom is 0.138 e. The zero-order chi connectivity index (χ0) is 9.64. The maximum atomic E-state index is 4.13. The summed E-state index contributed by atoms with van der Waals surface area (Å²) in [4.78, 5) is 12.1. The van der Waals surface area contributed by atoms with Crippen molar-refractivity contribution in [3.63, 3.8) is 0 Å². The molecule has 14 heavy (non-hydrogen) atoms. The molecule has 6 nitrogen and oxygen atoms in total. The van der Waals surface area contributed by atoms with E-state index >= 15 is 0 Å². The lowest BCUT2D eigenvalue weighted by atomic mass is 10.4. The lowest BCUT2D eigenvalue weighted by molar-refractivity contribution is 0.651. The first kappa shape index (κ1) is 8.76. The molecule has 72 valence electrons. The van der Waals surface area contributed by atoms with Gasteiger partial charge in [-0.1, -0.05) is 0 Å². The van der Waals surface area contributed by atoms with E-state index in [0.29, 0.717) is 13.1 Å². The Labute approximate surface area is 80.8 Å². The van der Waals surface area contributed by atoms with E-state index in [9.17, 15) is 0 Å². The topological polar surface area (TPSA) is 79.4 Å². The Morgan fingerprint density at radius 3 is 2.93 bits per heavy atom. The van der Waals surface area contributed by atoms with Crippen LogP contribution in [0, 0.1) is 0 Å². The number of rotatable bonds is 4. The Balaban J connectivity index is 1.79. The predicted molar refractivity (Wildman–Crippen MR) is 49.0 cm³/mol. The molecule has 2 heterocycles. The summed E-state index contributed by atoms with van der Waals surface area (Å²) in [6, 6.07) is 0. The molecule has 0 aromatic carbocycles. The molecule has 0 unspecified atom stereocenters. The summed E-state index contributed by atoms with van der Waals surface area (Å²) in [7, 11) is 0. The number of nitrogens with zero attached hydrogens (tertiary/aromatic N) is 4. The fourth-order valence-electron chi connectivity index (χ4n) is 1.05. The summed E-state index contributed by atoms with van der Waals surface area (Å²) in [5.74, 6) is 0.814. The van der Waals surface area contributed by atoms with Crippen molar-refractivity contribution >= 4 is 0 Å². The van der Waals surface area contributed by atoms with Gasteiger partial charge in [0.15, 0.2) is 0 Å². The van der Waals surface area contributed by atoms with Gasteiger partial charge in [-0.25, -0.2) is 4.98 Å². The predicted octanol–water partition coefficient (Wildman–Crippen LogP) is -0.116. The molecule has 0 amide bonds. The zero-order valence-electron chi connectivity index (χ0n) is 7.51. The third kappa shape index (κ3) is 2.33. The Hall–Kier alpha value is -1.82. The number of hydrogen-bond donors (Lipinski definition) is 2.